The number of halogens is 2. The second kappa shape index (κ2) is 9.28. The molecular weight excluding hydrogens is 380 g/mol. The van der Waals surface area contributed by atoms with Crippen molar-refractivity contribution in [2.45, 2.75) is 57.1 Å². The number of nitrogens with one attached hydrogen (secondary N) is 1. The number of hydrogen-bond acceptors (Lipinski definition) is 4. The average Bonchev–Trinajstić information content (AvgIpc) is 2.49. The summed E-state index contributed by atoms with van der Waals surface area (Å²) in [4.78, 5) is 12.1. The molecule has 148 valence electrons. The van der Waals surface area contributed by atoms with Crippen LogP contribution in [0, 0.1) is 11.6 Å². The van der Waals surface area contributed by atoms with Gasteiger partial charge in [-0.05, 0) is 59.2 Å². The highest BCUT2D eigenvalue weighted by atomic mass is 32.2. The minimum Gasteiger partial charge on any atom is -0.465 e. The normalized spacial score (nSPS) is 14.8. The molecule has 0 heterocycles. The molecule has 2 atom stereocenters. The number of carbonyl (C=O) groups excluding carboxylic acids is 1. The lowest BCUT2D eigenvalue weighted by atomic mass is 10.1. The van der Waals surface area contributed by atoms with Crippen LogP contribution >= 0.6 is 11.8 Å². The summed E-state index contributed by atoms with van der Waals surface area (Å²) < 4.78 is 46.4. The molecule has 1 aromatic rings. The third kappa shape index (κ3) is 6.96. The fourth-order valence-corrected chi connectivity index (χ4v) is 3.91. The van der Waals surface area contributed by atoms with Crippen molar-refractivity contribution < 1.29 is 22.5 Å². The Morgan fingerprint density at radius 2 is 1.73 bits per heavy atom. The highest BCUT2D eigenvalue weighted by Gasteiger charge is 2.32. The minimum absolute atomic E-state index is 0.271. The quantitative estimate of drug-likeness (QED) is 0.658. The van der Waals surface area contributed by atoms with Gasteiger partial charge in [0.1, 0.15) is 16.4 Å². The van der Waals surface area contributed by atoms with E-state index in [4.69, 9.17) is 4.74 Å². The van der Waals surface area contributed by atoms with Crippen LogP contribution in [-0.2, 0) is 20.5 Å². The van der Waals surface area contributed by atoms with Crippen LogP contribution in [0.15, 0.2) is 18.2 Å². The van der Waals surface area contributed by atoms with Gasteiger partial charge in [0.05, 0.1) is 28.4 Å². The van der Waals surface area contributed by atoms with Gasteiger partial charge in [-0.1, -0.05) is 0 Å². The molecule has 0 aliphatic carbocycles. The van der Waals surface area contributed by atoms with Crippen LogP contribution in [0.3, 0.4) is 0 Å². The zero-order chi connectivity index (χ0) is 20.1. The zero-order valence-corrected chi connectivity index (χ0v) is 17.7. The minimum atomic E-state index is -1.45. The van der Waals surface area contributed by atoms with Crippen molar-refractivity contribution in [2.24, 2.45) is 0 Å². The third-order valence-electron chi connectivity index (χ3n) is 3.47. The lowest BCUT2D eigenvalue weighted by Gasteiger charge is -2.28. The van der Waals surface area contributed by atoms with Gasteiger partial charge in [0.25, 0.3) is 0 Å². The van der Waals surface area contributed by atoms with E-state index < -0.39 is 38.2 Å². The van der Waals surface area contributed by atoms with E-state index >= 15 is 0 Å². The number of rotatable bonds is 8. The number of ether oxygens (including phenoxy) is 1. The summed E-state index contributed by atoms with van der Waals surface area (Å²) in [5, 5.41) is 0. The van der Waals surface area contributed by atoms with Gasteiger partial charge < -0.3 is 4.74 Å². The fraction of sp³-hybridized carbons (Fsp3) is 0.611. The molecule has 0 amide bonds. The van der Waals surface area contributed by atoms with E-state index in [2.05, 4.69) is 4.72 Å². The van der Waals surface area contributed by atoms with Gasteiger partial charge >= 0.3 is 5.97 Å². The van der Waals surface area contributed by atoms with Crippen molar-refractivity contribution in [3.63, 3.8) is 0 Å². The second-order valence-electron chi connectivity index (χ2n) is 7.30. The van der Waals surface area contributed by atoms with Gasteiger partial charge in [0, 0.05) is 11.8 Å². The lowest BCUT2D eigenvalue weighted by Crippen LogP contribution is -2.38. The molecule has 0 saturated heterocycles. The molecule has 8 heteroatoms. The maximum Gasteiger partial charge on any atom is 0.321 e. The Labute approximate surface area is 161 Å². The Morgan fingerprint density at radius 1 is 1.19 bits per heavy atom. The van der Waals surface area contributed by atoms with Gasteiger partial charge in [-0.3, -0.25) is 4.79 Å². The SMILES string of the molecule is CCOC(=O)C(C)(C)SC[C@@H](NS(=O)C(C)(C)C)c1cc(F)cc(F)c1. The van der Waals surface area contributed by atoms with Crippen molar-refractivity contribution in [3.05, 3.63) is 35.4 Å². The molecule has 0 fully saturated rings. The summed E-state index contributed by atoms with van der Waals surface area (Å²) in [7, 11) is -1.45. The number of carbonyl (C=O) groups is 1. The Kier molecular flexibility index (Phi) is 8.23. The third-order valence-corrected chi connectivity index (χ3v) is 6.47. The fourth-order valence-electron chi connectivity index (χ4n) is 1.94. The monoisotopic (exact) mass is 407 g/mol. The molecule has 0 bridgehead atoms. The predicted molar refractivity (Wildman–Crippen MR) is 103 cm³/mol. The lowest BCUT2D eigenvalue weighted by molar-refractivity contribution is -0.145. The van der Waals surface area contributed by atoms with E-state index in [1.54, 1.807) is 41.5 Å². The molecular formula is C18H27F2NO3S2. The topological polar surface area (TPSA) is 55.4 Å². The Hall–Kier alpha value is -0.990. The smallest absolute Gasteiger partial charge is 0.321 e. The van der Waals surface area contributed by atoms with Crippen LogP contribution in [-0.4, -0.2) is 32.0 Å². The summed E-state index contributed by atoms with van der Waals surface area (Å²) in [6.07, 6.45) is 0. The van der Waals surface area contributed by atoms with Gasteiger partial charge in [-0.15, -0.1) is 11.8 Å². The Morgan fingerprint density at radius 3 is 2.19 bits per heavy atom. The molecule has 26 heavy (non-hydrogen) atoms. The van der Waals surface area contributed by atoms with Crippen molar-refractivity contribution >= 4 is 28.7 Å². The number of esters is 1. The van der Waals surface area contributed by atoms with Crippen LogP contribution in [0.2, 0.25) is 0 Å². The van der Waals surface area contributed by atoms with Crippen molar-refractivity contribution in [1.29, 1.82) is 0 Å². The van der Waals surface area contributed by atoms with Crippen LogP contribution in [0.1, 0.15) is 53.1 Å². The molecule has 0 aliphatic rings. The average molecular weight is 408 g/mol. The summed E-state index contributed by atoms with van der Waals surface area (Å²) in [6, 6.07) is 2.60. The molecule has 1 unspecified atom stereocenters. The molecule has 0 aliphatic heterocycles. The first kappa shape index (κ1) is 23.0. The molecule has 0 saturated carbocycles. The first-order valence-corrected chi connectivity index (χ1v) is 10.5. The number of thioether (sulfide) groups is 1. The van der Waals surface area contributed by atoms with Crippen LogP contribution in [0.4, 0.5) is 8.78 Å². The molecule has 0 spiro atoms. The summed E-state index contributed by atoms with van der Waals surface area (Å²) in [6.45, 7) is 10.8. The van der Waals surface area contributed by atoms with Gasteiger partial charge in [0.15, 0.2) is 0 Å². The predicted octanol–water partition coefficient (Wildman–Crippen LogP) is 4.13. The zero-order valence-electron chi connectivity index (χ0n) is 16.0. The van der Waals surface area contributed by atoms with E-state index in [1.807, 2.05) is 0 Å². The van der Waals surface area contributed by atoms with E-state index in [-0.39, 0.29) is 18.3 Å². The Balaban J connectivity index is 3.05. The van der Waals surface area contributed by atoms with Gasteiger partial charge in [-0.2, -0.15) is 0 Å². The van der Waals surface area contributed by atoms with Crippen molar-refractivity contribution in [1.82, 2.24) is 4.72 Å². The maximum atomic E-state index is 13.6. The van der Waals surface area contributed by atoms with Crippen molar-refractivity contribution in [2.75, 3.05) is 12.4 Å². The van der Waals surface area contributed by atoms with E-state index in [0.717, 1.165) is 6.07 Å². The van der Waals surface area contributed by atoms with Gasteiger partial charge in [-0.25, -0.2) is 17.7 Å². The number of benzene rings is 1. The first-order chi connectivity index (χ1) is 11.9. The molecule has 0 radical (unpaired) electrons. The highest BCUT2D eigenvalue weighted by Crippen LogP contribution is 2.31. The van der Waals surface area contributed by atoms with Crippen LogP contribution in [0.25, 0.3) is 0 Å². The first-order valence-electron chi connectivity index (χ1n) is 8.32. The van der Waals surface area contributed by atoms with Crippen LogP contribution < -0.4 is 4.72 Å². The number of hydrogen-bond donors (Lipinski definition) is 1. The molecule has 1 N–H and O–H groups in total. The van der Waals surface area contributed by atoms with Crippen molar-refractivity contribution in [3.8, 4) is 0 Å². The largest absolute Gasteiger partial charge is 0.465 e. The maximum absolute atomic E-state index is 13.6. The highest BCUT2D eigenvalue weighted by molar-refractivity contribution is 8.01. The van der Waals surface area contributed by atoms with E-state index in [0.29, 0.717) is 5.56 Å². The molecule has 0 aromatic heterocycles. The Bertz CT molecular complexity index is 640. The standard InChI is InChI=1S/C18H27F2NO3S2/c1-7-24-16(22)18(5,6)25-11-15(21-26(23)17(2,3)4)12-8-13(19)10-14(20)9-12/h8-10,15,21H,7,11H2,1-6H3/t15-,26?/m1/s1. The van der Waals surface area contributed by atoms with E-state index in [9.17, 15) is 17.8 Å². The molecule has 1 rings (SSSR count). The van der Waals surface area contributed by atoms with Crippen LogP contribution in [0.5, 0.6) is 0 Å². The molecule has 4 nitrogen and oxygen atoms in total. The summed E-state index contributed by atoms with van der Waals surface area (Å²) in [5.74, 6) is -1.49. The molecule has 1 aromatic carbocycles. The summed E-state index contributed by atoms with van der Waals surface area (Å²) in [5.41, 5.74) is 0.340. The van der Waals surface area contributed by atoms with E-state index in [1.165, 1.54) is 23.9 Å². The second-order valence-corrected chi connectivity index (χ2v) is 10.9. The summed E-state index contributed by atoms with van der Waals surface area (Å²) >= 11 is 1.28. The van der Waals surface area contributed by atoms with Gasteiger partial charge in [0.2, 0.25) is 0 Å².